The van der Waals surface area contributed by atoms with E-state index in [1.54, 1.807) is 13.0 Å². The van der Waals surface area contributed by atoms with E-state index in [1.165, 1.54) is 24.3 Å². The minimum absolute atomic E-state index is 0.0939. The van der Waals surface area contributed by atoms with Gasteiger partial charge in [0.2, 0.25) is 0 Å². The predicted octanol–water partition coefficient (Wildman–Crippen LogP) is 4.35. The number of nitrogens with one attached hydrogen (secondary N) is 1. The Bertz CT molecular complexity index is 765. The van der Waals surface area contributed by atoms with Crippen molar-refractivity contribution in [1.29, 1.82) is 0 Å². The third kappa shape index (κ3) is 3.31. The largest absolute Gasteiger partial charge is 0.280 e. The van der Waals surface area contributed by atoms with Crippen LogP contribution in [0.5, 0.6) is 0 Å². The molecule has 0 aliphatic rings. The van der Waals surface area contributed by atoms with Crippen LogP contribution < -0.4 is 4.72 Å². The minimum Gasteiger partial charge on any atom is -0.280 e. The highest BCUT2D eigenvalue weighted by molar-refractivity contribution is 9.10. The van der Waals surface area contributed by atoms with Crippen molar-refractivity contribution in [2.24, 2.45) is 0 Å². The number of halogens is 3. The van der Waals surface area contributed by atoms with Gasteiger partial charge in [-0.25, -0.2) is 12.8 Å². The first-order chi connectivity index (χ1) is 9.29. The van der Waals surface area contributed by atoms with E-state index in [0.29, 0.717) is 20.7 Å². The topological polar surface area (TPSA) is 46.2 Å². The van der Waals surface area contributed by atoms with E-state index in [0.717, 1.165) is 6.07 Å². The zero-order valence-corrected chi connectivity index (χ0v) is 13.5. The maximum Gasteiger partial charge on any atom is 0.262 e. The normalized spacial score (nSPS) is 11.4. The van der Waals surface area contributed by atoms with E-state index < -0.39 is 15.8 Å². The second-order valence-electron chi connectivity index (χ2n) is 4.14. The second kappa shape index (κ2) is 5.71. The van der Waals surface area contributed by atoms with Gasteiger partial charge in [-0.3, -0.25) is 4.72 Å². The van der Waals surface area contributed by atoms with E-state index in [-0.39, 0.29) is 4.90 Å². The fourth-order valence-electron chi connectivity index (χ4n) is 1.63. The van der Waals surface area contributed by atoms with Crippen LogP contribution in [0.1, 0.15) is 5.56 Å². The zero-order valence-electron chi connectivity index (χ0n) is 10.3. The summed E-state index contributed by atoms with van der Waals surface area (Å²) < 4.78 is 40.7. The Morgan fingerprint density at radius 2 is 1.90 bits per heavy atom. The van der Waals surface area contributed by atoms with Crippen molar-refractivity contribution in [2.75, 3.05) is 4.72 Å². The number of hydrogen-bond donors (Lipinski definition) is 1. The SMILES string of the molecule is Cc1ccc(F)cc1S(=O)(=O)Nc1ccc(Cl)c(Br)c1. The Hall–Kier alpha value is -1.11. The van der Waals surface area contributed by atoms with Crippen LogP contribution in [0.4, 0.5) is 10.1 Å². The van der Waals surface area contributed by atoms with E-state index >= 15 is 0 Å². The van der Waals surface area contributed by atoms with Crippen molar-refractivity contribution in [3.8, 4) is 0 Å². The number of hydrogen-bond acceptors (Lipinski definition) is 2. The van der Waals surface area contributed by atoms with Crippen LogP contribution in [0.15, 0.2) is 45.8 Å². The summed E-state index contributed by atoms with van der Waals surface area (Å²) in [5.41, 5.74) is 0.803. The Morgan fingerprint density at radius 3 is 2.55 bits per heavy atom. The van der Waals surface area contributed by atoms with Gasteiger partial charge >= 0.3 is 0 Å². The summed E-state index contributed by atoms with van der Waals surface area (Å²) in [6.07, 6.45) is 0. The molecule has 0 fully saturated rings. The molecule has 3 nitrogen and oxygen atoms in total. The van der Waals surface area contributed by atoms with Crippen LogP contribution >= 0.6 is 27.5 Å². The highest BCUT2D eigenvalue weighted by atomic mass is 79.9. The molecule has 2 aromatic carbocycles. The van der Waals surface area contributed by atoms with E-state index in [4.69, 9.17) is 11.6 Å². The summed E-state index contributed by atoms with van der Waals surface area (Å²) in [4.78, 5) is -0.0939. The Morgan fingerprint density at radius 1 is 1.20 bits per heavy atom. The van der Waals surface area contributed by atoms with Gasteiger partial charge in [0.05, 0.1) is 15.6 Å². The van der Waals surface area contributed by atoms with E-state index in [1.807, 2.05) is 0 Å². The molecule has 0 radical (unpaired) electrons. The van der Waals surface area contributed by atoms with Crippen molar-refractivity contribution in [3.63, 3.8) is 0 Å². The smallest absolute Gasteiger partial charge is 0.262 e. The number of aryl methyl sites for hydroxylation is 1. The standard InChI is InChI=1S/C13H10BrClFNO2S/c1-8-2-3-9(16)6-13(8)20(18,19)17-10-4-5-12(15)11(14)7-10/h2-7,17H,1H3. The molecule has 0 spiro atoms. The molecule has 2 aromatic rings. The monoisotopic (exact) mass is 377 g/mol. The molecule has 0 bridgehead atoms. The maximum absolute atomic E-state index is 13.2. The highest BCUT2D eigenvalue weighted by Gasteiger charge is 2.18. The lowest BCUT2D eigenvalue weighted by atomic mass is 10.2. The second-order valence-corrected chi connectivity index (χ2v) is 7.06. The average molecular weight is 379 g/mol. The van der Waals surface area contributed by atoms with Gasteiger partial charge in [-0.2, -0.15) is 0 Å². The van der Waals surface area contributed by atoms with Crippen molar-refractivity contribution >= 4 is 43.2 Å². The summed E-state index contributed by atoms with van der Waals surface area (Å²) in [5, 5.41) is 0.467. The van der Waals surface area contributed by atoms with Gasteiger partial charge in [-0.1, -0.05) is 17.7 Å². The quantitative estimate of drug-likeness (QED) is 0.863. The Kier molecular flexibility index (Phi) is 4.36. The molecule has 7 heteroatoms. The average Bonchev–Trinajstić information content (AvgIpc) is 2.36. The van der Waals surface area contributed by atoms with Gasteiger partial charge in [-0.15, -0.1) is 0 Å². The lowest BCUT2D eigenvalue weighted by Crippen LogP contribution is -2.14. The highest BCUT2D eigenvalue weighted by Crippen LogP contribution is 2.27. The number of rotatable bonds is 3. The Labute approximate surface area is 130 Å². The van der Waals surface area contributed by atoms with E-state index in [9.17, 15) is 12.8 Å². The van der Waals surface area contributed by atoms with Crippen molar-refractivity contribution in [3.05, 3.63) is 57.3 Å². The summed E-state index contributed by atoms with van der Waals surface area (Å²) in [7, 11) is -3.85. The molecule has 0 aliphatic heterocycles. The van der Waals surface area contributed by atoms with Crippen LogP contribution in [0, 0.1) is 12.7 Å². The van der Waals surface area contributed by atoms with Crippen LogP contribution in [0.3, 0.4) is 0 Å². The van der Waals surface area contributed by atoms with Crippen LogP contribution in [-0.2, 0) is 10.0 Å². The predicted molar refractivity (Wildman–Crippen MR) is 81.1 cm³/mol. The lowest BCUT2D eigenvalue weighted by molar-refractivity contribution is 0.594. The first-order valence-electron chi connectivity index (χ1n) is 5.53. The zero-order chi connectivity index (χ0) is 14.9. The molecule has 0 saturated heterocycles. The Balaban J connectivity index is 2.40. The molecular formula is C13H10BrClFNO2S. The molecule has 0 unspecified atom stereocenters. The first kappa shape index (κ1) is 15.3. The van der Waals surface area contributed by atoms with Gasteiger partial charge in [-0.05, 0) is 58.7 Å². The molecule has 0 saturated carbocycles. The molecule has 106 valence electrons. The van der Waals surface area contributed by atoms with Gasteiger partial charge in [0.15, 0.2) is 0 Å². The minimum atomic E-state index is -3.85. The molecular weight excluding hydrogens is 369 g/mol. The molecule has 20 heavy (non-hydrogen) atoms. The van der Waals surface area contributed by atoms with Gasteiger partial charge < -0.3 is 0 Å². The van der Waals surface area contributed by atoms with Crippen molar-refractivity contribution in [2.45, 2.75) is 11.8 Å². The molecule has 0 aliphatic carbocycles. The summed E-state index contributed by atoms with van der Waals surface area (Å²) in [6.45, 7) is 1.60. The molecule has 1 N–H and O–H groups in total. The summed E-state index contributed by atoms with van der Waals surface area (Å²) in [6, 6.07) is 8.24. The van der Waals surface area contributed by atoms with Gasteiger partial charge in [0.1, 0.15) is 5.82 Å². The van der Waals surface area contributed by atoms with Crippen LogP contribution in [0.2, 0.25) is 5.02 Å². The third-order valence-corrected chi connectivity index (χ3v) is 5.35. The number of anilines is 1. The fourth-order valence-corrected chi connectivity index (χ4v) is 3.44. The third-order valence-electron chi connectivity index (χ3n) is 2.61. The lowest BCUT2D eigenvalue weighted by Gasteiger charge is -2.11. The molecule has 2 rings (SSSR count). The molecule has 0 aromatic heterocycles. The van der Waals surface area contributed by atoms with Crippen LogP contribution in [0.25, 0.3) is 0 Å². The first-order valence-corrected chi connectivity index (χ1v) is 8.19. The maximum atomic E-state index is 13.2. The fraction of sp³-hybridized carbons (Fsp3) is 0.0769. The molecule has 0 amide bonds. The van der Waals surface area contributed by atoms with E-state index in [2.05, 4.69) is 20.7 Å². The van der Waals surface area contributed by atoms with Crippen molar-refractivity contribution in [1.82, 2.24) is 0 Å². The van der Waals surface area contributed by atoms with Crippen LogP contribution in [-0.4, -0.2) is 8.42 Å². The number of benzene rings is 2. The van der Waals surface area contributed by atoms with Gasteiger partial charge in [0, 0.05) is 4.47 Å². The van der Waals surface area contributed by atoms with Crippen molar-refractivity contribution < 1.29 is 12.8 Å². The van der Waals surface area contributed by atoms with Gasteiger partial charge in [0.25, 0.3) is 10.0 Å². The number of sulfonamides is 1. The molecule has 0 atom stereocenters. The summed E-state index contributed by atoms with van der Waals surface area (Å²) >= 11 is 9.05. The molecule has 0 heterocycles. The summed E-state index contributed by atoms with van der Waals surface area (Å²) in [5.74, 6) is -0.603.